The molecule has 0 fully saturated rings. The molecule has 0 saturated carbocycles. The number of aryl methyl sites for hydroxylation is 3. The van der Waals surface area contributed by atoms with Crippen LogP contribution in [0.25, 0.3) is 11.0 Å². The average Bonchev–Trinajstić information content (AvgIpc) is 3.05. The number of halogens is 2. The summed E-state index contributed by atoms with van der Waals surface area (Å²) in [4.78, 5) is 8.34. The van der Waals surface area contributed by atoms with Crippen molar-refractivity contribution in [1.82, 2.24) is 19.7 Å². The lowest BCUT2D eigenvalue weighted by atomic mass is 10.2. The van der Waals surface area contributed by atoms with Crippen molar-refractivity contribution in [2.45, 2.75) is 25.8 Å². The van der Waals surface area contributed by atoms with Gasteiger partial charge in [0.1, 0.15) is 11.6 Å². The molecule has 1 aromatic carbocycles. The molecule has 0 aliphatic rings. The quantitative estimate of drug-likeness (QED) is 0.694. The molecule has 7 heteroatoms. The Kier molecular flexibility index (Phi) is 3.40. The molecule has 104 valence electrons. The molecule has 0 atom stereocenters. The Bertz CT molecular complexity index is 738. The Morgan fingerprint density at radius 3 is 2.95 bits per heavy atom. The third-order valence-corrected chi connectivity index (χ3v) is 3.42. The minimum atomic E-state index is -0.264. The van der Waals surface area contributed by atoms with Crippen LogP contribution in [-0.2, 0) is 18.8 Å². The highest BCUT2D eigenvalue weighted by molar-refractivity contribution is 6.16. The van der Waals surface area contributed by atoms with Crippen LogP contribution in [0.1, 0.15) is 17.3 Å². The van der Waals surface area contributed by atoms with Crippen LogP contribution < -0.4 is 0 Å². The van der Waals surface area contributed by atoms with Gasteiger partial charge >= 0.3 is 0 Å². The number of hydrogen-bond donors (Lipinski definition) is 0. The highest BCUT2D eigenvalue weighted by atomic mass is 35.5. The minimum absolute atomic E-state index is 0.263. The van der Waals surface area contributed by atoms with Gasteiger partial charge in [-0.1, -0.05) is 5.16 Å². The van der Waals surface area contributed by atoms with Crippen LogP contribution >= 0.6 is 11.6 Å². The van der Waals surface area contributed by atoms with Crippen LogP contribution in [0.4, 0.5) is 4.39 Å². The maximum Gasteiger partial charge on any atom is 0.228 e. The van der Waals surface area contributed by atoms with Gasteiger partial charge in [-0.3, -0.25) is 0 Å². The Labute approximate surface area is 119 Å². The molecule has 0 bridgehead atoms. The Balaban J connectivity index is 2.01. The molecule has 0 unspecified atom stereocenters. The largest absolute Gasteiger partial charge is 0.340 e. The number of fused-ring (bicyclic) bond motifs is 1. The second-order valence-corrected chi connectivity index (χ2v) is 4.76. The van der Waals surface area contributed by atoms with Crippen molar-refractivity contribution in [2.75, 3.05) is 0 Å². The summed E-state index contributed by atoms with van der Waals surface area (Å²) in [6.07, 6.45) is 1.94. The molecular weight excluding hydrogens is 283 g/mol. The molecule has 0 aliphatic carbocycles. The van der Waals surface area contributed by atoms with Gasteiger partial charge in [-0.2, -0.15) is 4.98 Å². The number of benzene rings is 1. The topological polar surface area (TPSA) is 56.7 Å². The first-order valence-corrected chi connectivity index (χ1v) is 6.69. The zero-order valence-electron chi connectivity index (χ0n) is 10.8. The molecule has 3 rings (SSSR count). The Hall–Kier alpha value is -1.95. The van der Waals surface area contributed by atoms with Crippen LogP contribution in [0, 0.1) is 12.7 Å². The van der Waals surface area contributed by atoms with Gasteiger partial charge in [-0.15, -0.1) is 11.6 Å². The summed E-state index contributed by atoms with van der Waals surface area (Å²) < 4.78 is 20.5. The van der Waals surface area contributed by atoms with Gasteiger partial charge in [0.15, 0.2) is 6.33 Å². The molecule has 5 nitrogen and oxygen atoms in total. The summed E-state index contributed by atoms with van der Waals surface area (Å²) in [6.45, 7) is 2.33. The van der Waals surface area contributed by atoms with E-state index in [0.29, 0.717) is 35.8 Å². The highest BCUT2D eigenvalue weighted by Crippen LogP contribution is 2.21. The molecule has 20 heavy (non-hydrogen) atoms. The smallest absolute Gasteiger partial charge is 0.228 e. The number of rotatable bonds is 4. The van der Waals surface area contributed by atoms with Crippen molar-refractivity contribution in [2.24, 2.45) is 0 Å². The van der Waals surface area contributed by atoms with Crippen LogP contribution in [0.15, 0.2) is 23.0 Å². The lowest BCUT2D eigenvalue weighted by molar-refractivity contribution is 0.371. The number of nitrogens with zero attached hydrogens (tertiary/aromatic N) is 4. The van der Waals surface area contributed by atoms with E-state index in [9.17, 15) is 4.39 Å². The molecule has 2 aromatic heterocycles. The third kappa shape index (κ3) is 2.27. The lowest BCUT2D eigenvalue weighted by Gasteiger charge is -2.06. The minimum Gasteiger partial charge on any atom is -0.340 e. The second-order valence-electron chi connectivity index (χ2n) is 4.49. The zero-order chi connectivity index (χ0) is 14.1. The van der Waals surface area contributed by atoms with Gasteiger partial charge in [-0.25, -0.2) is 9.37 Å². The predicted octanol–water partition coefficient (Wildman–Crippen LogP) is 2.85. The predicted molar refractivity (Wildman–Crippen MR) is 72.0 cm³/mol. The maximum atomic E-state index is 13.6. The van der Waals surface area contributed by atoms with E-state index >= 15 is 0 Å². The molecule has 0 aliphatic heterocycles. The molecule has 0 amide bonds. The summed E-state index contributed by atoms with van der Waals surface area (Å²) in [5.41, 5.74) is 2.05. The summed E-state index contributed by atoms with van der Waals surface area (Å²) in [7, 11) is 0. The summed E-state index contributed by atoms with van der Waals surface area (Å²) >= 11 is 5.92. The van der Waals surface area contributed by atoms with Crippen molar-refractivity contribution >= 4 is 22.6 Å². The molecule has 0 N–H and O–H groups in total. The van der Waals surface area contributed by atoms with Crippen LogP contribution in [-0.4, -0.2) is 19.7 Å². The van der Waals surface area contributed by atoms with Crippen molar-refractivity contribution < 1.29 is 8.91 Å². The van der Waals surface area contributed by atoms with Gasteiger partial charge in [0.25, 0.3) is 0 Å². The van der Waals surface area contributed by atoms with E-state index in [-0.39, 0.29) is 11.7 Å². The van der Waals surface area contributed by atoms with E-state index in [1.165, 1.54) is 12.4 Å². The van der Waals surface area contributed by atoms with Crippen molar-refractivity contribution in [3.8, 4) is 0 Å². The average molecular weight is 295 g/mol. The fraction of sp³-hybridized carbons (Fsp3) is 0.308. The van der Waals surface area contributed by atoms with Gasteiger partial charge in [0, 0.05) is 19.0 Å². The molecule has 3 aromatic rings. The molecule has 2 heterocycles. The Morgan fingerprint density at radius 1 is 1.40 bits per heavy atom. The fourth-order valence-electron chi connectivity index (χ4n) is 2.17. The fourth-order valence-corrected chi connectivity index (χ4v) is 2.37. The van der Waals surface area contributed by atoms with E-state index in [1.807, 2.05) is 4.57 Å². The Morgan fingerprint density at radius 2 is 2.25 bits per heavy atom. The number of alkyl halides is 1. The monoisotopic (exact) mass is 294 g/mol. The SMILES string of the molecule is Cc1cc2c(cc1F)nc(CCl)n2CCc1ncno1. The first-order chi connectivity index (χ1) is 9.69. The van der Waals surface area contributed by atoms with E-state index in [0.717, 1.165) is 5.52 Å². The van der Waals surface area contributed by atoms with Crippen molar-refractivity contribution in [3.63, 3.8) is 0 Å². The van der Waals surface area contributed by atoms with Crippen molar-refractivity contribution in [1.29, 1.82) is 0 Å². The molecule has 0 saturated heterocycles. The normalized spacial score (nSPS) is 11.3. The second kappa shape index (κ2) is 5.20. The summed E-state index contributed by atoms with van der Waals surface area (Å²) in [5.74, 6) is 1.25. The number of imidazole rings is 1. The van der Waals surface area contributed by atoms with Gasteiger partial charge in [0.05, 0.1) is 16.9 Å². The van der Waals surface area contributed by atoms with Gasteiger partial charge < -0.3 is 9.09 Å². The molecular formula is C13H12ClFN4O. The maximum absolute atomic E-state index is 13.6. The summed E-state index contributed by atoms with van der Waals surface area (Å²) in [5, 5.41) is 3.57. The van der Waals surface area contributed by atoms with Crippen LogP contribution in [0.2, 0.25) is 0 Å². The number of aromatic nitrogens is 4. The standard InChI is InChI=1S/C13H12ClFN4O/c1-8-4-11-10(5-9(8)15)18-12(6-14)19(11)3-2-13-16-7-17-20-13/h4-5,7H,2-3,6H2,1H3. The molecule has 0 radical (unpaired) electrons. The summed E-state index contributed by atoms with van der Waals surface area (Å²) in [6, 6.07) is 3.21. The van der Waals surface area contributed by atoms with Gasteiger partial charge in [0.2, 0.25) is 5.89 Å². The number of hydrogen-bond acceptors (Lipinski definition) is 4. The first-order valence-electron chi connectivity index (χ1n) is 6.16. The third-order valence-electron chi connectivity index (χ3n) is 3.18. The van der Waals surface area contributed by atoms with Crippen molar-refractivity contribution in [3.05, 3.63) is 41.6 Å². The molecule has 0 spiro atoms. The van der Waals surface area contributed by atoms with E-state index in [4.69, 9.17) is 16.1 Å². The highest BCUT2D eigenvalue weighted by Gasteiger charge is 2.13. The lowest BCUT2D eigenvalue weighted by Crippen LogP contribution is -2.05. The first kappa shape index (κ1) is 13.1. The van der Waals surface area contributed by atoms with Gasteiger partial charge in [-0.05, 0) is 18.6 Å². The van der Waals surface area contributed by atoms with Crippen LogP contribution in [0.3, 0.4) is 0 Å². The van der Waals surface area contributed by atoms with E-state index < -0.39 is 0 Å². The van der Waals surface area contributed by atoms with E-state index in [1.54, 1.807) is 13.0 Å². The zero-order valence-corrected chi connectivity index (χ0v) is 11.6. The van der Waals surface area contributed by atoms with E-state index in [2.05, 4.69) is 15.1 Å². The van der Waals surface area contributed by atoms with Crippen LogP contribution in [0.5, 0.6) is 0 Å².